The summed E-state index contributed by atoms with van der Waals surface area (Å²) in [4.78, 5) is 11.2. The molecule has 1 aliphatic rings. The number of hydrogen-bond donors (Lipinski definition) is 3. The van der Waals surface area contributed by atoms with Gasteiger partial charge in [-0.25, -0.2) is 0 Å². The highest BCUT2D eigenvalue weighted by Crippen LogP contribution is 2.30. The molecule has 0 bridgehead atoms. The minimum Gasteiger partial charge on any atom is -0.409 e. The zero-order valence-corrected chi connectivity index (χ0v) is 7.19. The molecule has 0 atom stereocenters. The van der Waals surface area contributed by atoms with Gasteiger partial charge in [-0.1, -0.05) is 5.16 Å². The molecular formula is C7H13N3O3. The monoisotopic (exact) mass is 187 g/mol. The largest absolute Gasteiger partial charge is 0.409 e. The second-order valence-corrected chi connectivity index (χ2v) is 3.04. The minimum absolute atomic E-state index is 0.122. The van der Waals surface area contributed by atoms with Crippen LogP contribution in [-0.4, -0.2) is 30.2 Å². The molecule has 0 aromatic heterocycles. The Morgan fingerprint density at radius 1 is 1.38 bits per heavy atom. The number of carbonyl (C=O) groups excluding carboxylic acids is 1. The van der Waals surface area contributed by atoms with Crippen LogP contribution >= 0.6 is 0 Å². The molecule has 0 radical (unpaired) electrons. The summed E-state index contributed by atoms with van der Waals surface area (Å²) in [7, 11) is 0. The number of amides is 1. The van der Waals surface area contributed by atoms with E-state index in [4.69, 9.17) is 21.4 Å². The molecule has 0 aliphatic carbocycles. The lowest BCUT2D eigenvalue weighted by molar-refractivity contribution is -0.128. The number of nitrogens with two attached hydrogens (primary N) is 2. The van der Waals surface area contributed by atoms with Gasteiger partial charge in [0.2, 0.25) is 5.91 Å². The average molecular weight is 187 g/mol. The van der Waals surface area contributed by atoms with Gasteiger partial charge < -0.3 is 21.4 Å². The Balaban J connectivity index is 2.92. The van der Waals surface area contributed by atoms with E-state index >= 15 is 0 Å². The molecule has 1 amide bonds. The Labute approximate surface area is 75.5 Å². The van der Waals surface area contributed by atoms with E-state index in [1.165, 1.54) is 0 Å². The minimum atomic E-state index is -1.02. The fourth-order valence-corrected chi connectivity index (χ4v) is 1.44. The third kappa shape index (κ3) is 1.57. The number of carbonyl (C=O) groups is 1. The van der Waals surface area contributed by atoms with Gasteiger partial charge in [0.1, 0.15) is 5.41 Å². The van der Waals surface area contributed by atoms with Gasteiger partial charge in [-0.2, -0.15) is 0 Å². The molecule has 1 fully saturated rings. The molecule has 0 aromatic rings. The van der Waals surface area contributed by atoms with E-state index in [0.29, 0.717) is 26.1 Å². The van der Waals surface area contributed by atoms with Crippen molar-refractivity contribution < 1.29 is 14.7 Å². The molecule has 5 N–H and O–H groups in total. The highest BCUT2D eigenvalue weighted by atomic mass is 16.5. The number of rotatable bonds is 2. The molecule has 1 saturated heterocycles. The summed E-state index contributed by atoms with van der Waals surface area (Å²) in [5.41, 5.74) is 9.62. The van der Waals surface area contributed by atoms with Crippen molar-refractivity contribution in [2.45, 2.75) is 12.8 Å². The van der Waals surface area contributed by atoms with Crippen molar-refractivity contribution in [3.63, 3.8) is 0 Å². The van der Waals surface area contributed by atoms with Crippen molar-refractivity contribution in [2.24, 2.45) is 22.0 Å². The van der Waals surface area contributed by atoms with Gasteiger partial charge in [-0.3, -0.25) is 4.79 Å². The summed E-state index contributed by atoms with van der Waals surface area (Å²) >= 11 is 0. The zero-order chi connectivity index (χ0) is 9.90. The highest BCUT2D eigenvalue weighted by molar-refractivity contribution is 6.06. The number of oxime groups is 1. The smallest absolute Gasteiger partial charge is 0.231 e. The molecule has 0 saturated carbocycles. The van der Waals surface area contributed by atoms with Crippen LogP contribution in [0.15, 0.2) is 5.16 Å². The molecule has 13 heavy (non-hydrogen) atoms. The average Bonchev–Trinajstić information content (AvgIpc) is 2.17. The van der Waals surface area contributed by atoms with Crippen molar-refractivity contribution in [3.05, 3.63) is 0 Å². The third-order valence-corrected chi connectivity index (χ3v) is 2.42. The Hall–Kier alpha value is -1.30. The summed E-state index contributed by atoms with van der Waals surface area (Å²) in [6.45, 7) is 0.804. The lowest BCUT2D eigenvalue weighted by Gasteiger charge is -2.32. The van der Waals surface area contributed by atoms with Crippen LogP contribution in [0.4, 0.5) is 0 Å². The van der Waals surface area contributed by atoms with E-state index in [0.717, 1.165) is 0 Å². The van der Waals surface area contributed by atoms with Crippen molar-refractivity contribution in [3.8, 4) is 0 Å². The molecular weight excluding hydrogens is 174 g/mol. The normalized spacial score (nSPS) is 22.6. The van der Waals surface area contributed by atoms with E-state index in [9.17, 15) is 4.79 Å². The first kappa shape index (κ1) is 9.79. The van der Waals surface area contributed by atoms with Gasteiger partial charge >= 0.3 is 0 Å². The third-order valence-electron chi connectivity index (χ3n) is 2.42. The summed E-state index contributed by atoms with van der Waals surface area (Å²) in [6, 6.07) is 0. The molecule has 6 nitrogen and oxygen atoms in total. The van der Waals surface area contributed by atoms with Crippen LogP contribution in [0.3, 0.4) is 0 Å². The lowest BCUT2D eigenvalue weighted by atomic mass is 9.78. The van der Waals surface area contributed by atoms with Gasteiger partial charge in [-0.15, -0.1) is 0 Å². The Kier molecular flexibility index (Phi) is 2.72. The fraction of sp³-hybridized carbons (Fsp3) is 0.714. The molecule has 0 unspecified atom stereocenters. The van der Waals surface area contributed by atoms with E-state index < -0.39 is 11.3 Å². The lowest BCUT2D eigenvalue weighted by Crippen LogP contribution is -2.51. The fourth-order valence-electron chi connectivity index (χ4n) is 1.44. The predicted octanol–water partition coefficient (Wildman–Crippen LogP) is -0.985. The van der Waals surface area contributed by atoms with Crippen molar-refractivity contribution in [2.75, 3.05) is 13.2 Å². The second-order valence-electron chi connectivity index (χ2n) is 3.04. The standard InChI is InChI=1S/C7H13N3O3/c8-5(10-12)7(6(9)11)1-3-13-4-2-7/h12H,1-4H2,(H2,8,10)(H2,9,11). The Morgan fingerprint density at radius 2 is 1.92 bits per heavy atom. The van der Waals surface area contributed by atoms with Gasteiger partial charge in [0.25, 0.3) is 0 Å². The van der Waals surface area contributed by atoms with Gasteiger partial charge in [0, 0.05) is 13.2 Å². The summed E-state index contributed by atoms with van der Waals surface area (Å²) < 4.78 is 5.07. The maximum absolute atomic E-state index is 11.2. The molecule has 1 aliphatic heterocycles. The van der Waals surface area contributed by atoms with E-state index in [1.807, 2.05) is 0 Å². The zero-order valence-electron chi connectivity index (χ0n) is 7.19. The van der Waals surface area contributed by atoms with Crippen LogP contribution in [0.2, 0.25) is 0 Å². The Bertz CT molecular complexity index is 233. The molecule has 74 valence electrons. The van der Waals surface area contributed by atoms with E-state index in [-0.39, 0.29) is 5.84 Å². The first-order valence-corrected chi connectivity index (χ1v) is 3.99. The maximum Gasteiger partial charge on any atom is 0.231 e. The second kappa shape index (κ2) is 3.61. The summed E-state index contributed by atoms with van der Waals surface area (Å²) in [5.74, 6) is -0.686. The van der Waals surface area contributed by atoms with Crippen molar-refractivity contribution in [1.29, 1.82) is 0 Å². The summed E-state index contributed by atoms with van der Waals surface area (Å²) in [5, 5.41) is 11.4. The van der Waals surface area contributed by atoms with Gasteiger partial charge in [-0.05, 0) is 12.8 Å². The quantitative estimate of drug-likeness (QED) is 0.223. The van der Waals surface area contributed by atoms with Crippen LogP contribution in [0.5, 0.6) is 0 Å². The van der Waals surface area contributed by atoms with Crippen molar-refractivity contribution >= 4 is 11.7 Å². The van der Waals surface area contributed by atoms with Crippen LogP contribution in [-0.2, 0) is 9.53 Å². The molecule has 6 heteroatoms. The highest BCUT2D eigenvalue weighted by Gasteiger charge is 2.42. The number of ether oxygens (including phenoxy) is 1. The van der Waals surface area contributed by atoms with Crippen molar-refractivity contribution in [1.82, 2.24) is 0 Å². The van der Waals surface area contributed by atoms with E-state index in [1.54, 1.807) is 0 Å². The molecule has 0 spiro atoms. The maximum atomic E-state index is 11.2. The first-order chi connectivity index (χ1) is 6.13. The predicted molar refractivity (Wildman–Crippen MR) is 45.1 cm³/mol. The topological polar surface area (TPSA) is 111 Å². The number of amidine groups is 1. The van der Waals surface area contributed by atoms with Crippen LogP contribution in [0.25, 0.3) is 0 Å². The Morgan fingerprint density at radius 3 is 2.31 bits per heavy atom. The SMILES string of the molecule is NC(=O)C1(/C(N)=N/O)CCOCC1. The van der Waals surface area contributed by atoms with Crippen LogP contribution in [0, 0.1) is 5.41 Å². The van der Waals surface area contributed by atoms with Crippen LogP contribution in [0.1, 0.15) is 12.8 Å². The first-order valence-electron chi connectivity index (χ1n) is 3.99. The number of nitrogens with zero attached hydrogens (tertiary/aromatic N) is 1. The number of hydrogen-bond acceptors (Lipinski definition) is 4. The van der Waals surface area contributed by atoms with Gasteiger partial charge in [0.05, 0.1) is 0 Å². The van der Waals surface area contributed by atoms with Gasteiger partial charge in [0.15, 0.2) is 5.84 Å². The van der Waals surface area contributed by atoms with Crippen LogP contribution < -0.4 is 11.5 Å². The number of primary amides is 1. The summed E-state index contributed by atoms with van der Waals surface area (Å²) in [6.07, 6.45) is 0.746. The molecule has 1 rings (SSSR count). The molecule has 0 aromatic carbocycles. The van der Waals surface area contributed by atoms with E-state index in [2.05, 4.69) is 5.16 Å². The molecule has 1 heterocycles.